The topological polar surface area (TPSA) is 70.8 Å². The summed E-state index contributed by atoms with van der Waals surface area (Å²) < 4.78 is 5.07. The van der Waals surface area contributed by atoms with Gasteiger partial charge in [-0.2, -0.15) is 4.89 Å². The van der Waals surface area contributed by atoms with Crippen molar-refractivity contribution in [3.63, 3.8) is 0 Å². The number of carbonyl (C=O) groups is 1. The van der Waals surface area contributed by atoms with Gasteiger partial charge in [-0.15, -0.1) is 0 Å². The molecule has 0 spiro atoms. The van der Waals surface area contributed by atoms with Crippen LogP contribution < -0.4 is 5.73 Å². The van der Waals surface area contributed by atoms with Gasteiger partial charge in [-0.3, -0.25) is 4.89 Å². The SMILES string of the molecule is CC(C)OCCOOC(N)=O. The molecule has 0 saturated heterocycles. The second-order valence-corrected chi connectivity index (χ2v) is 2.14. The summed E-state index contributed by atoms with van der Waals surface area (Å²) >= 11 is 0. The van der Waals surface area contributed by atoms with Crippen LogP contribution in [0.3, 0.4) is 0 Å². The van der Waals surface area contributed by atoms with E-state index in [1.165, 1.54) is 0 Å². The molecule has 66 valence electrons. The van der Waals surface area contributed by atoms with Crippen LogP contribution in [0.4, 0.5) is 4.79 Å². The van der Waals surface area contributed by atoms with Gasteiger partial charge in [0.05, 0.1) is 12.7 Å². The second kappa shape index (κ2) is 5.94. The van der Waals surface area contributed by atoms with Crippen molar-refractivity contribution in [2.24, 2.45) is 5.73 Å². The molecule has 0 saturated carbocycles. The van der Waals surface area contributed by atoms with Gasteiger partial charge < -0.3 is 10.5 Å². The molecule has 5 heteroatoms. The van der Waals surface area contributed by atoms with E-state index in [-0.39, 0.29) is 12.7 Å². The number of primary amides is 1. The van der Waals surface area contributed by atoms with E-state index in [0.717, 1.165) is 0 Å². The standard InChI is InChI=1S/C6H13NO4/c1-5(2)9-3-4-10-11-6(7)8/h5H,3-4H2,1-2H3,(H2,7,8). The molecule has 0 atom stereocenters. The van der Waals surface area contributed by atoms with Crippen molar-refractivity contribution in [1.29, 1.82) is 0 Å². The van der Waals surface area contributed by atoms with E-state index in [4.69, 9.17) is 4.74 Å². The molecule has 0 unspecified atom stereocenters. The second-order valence-electron chi connectivity index (χ2n) is 2.14. The Morgan fingerprint density at radius 2 is 2.09 bits per heavy atom. The van der Waals surface area contributed by atoms with Crippen LogP contribution in [0, 0.1) is 0 Å². The van der Waals surface area contributed by atoms with Gasteiger partial charge >= 0.3 is 6.09 Å². The quantitative estimate of drug-likeness (QED) is 0.362. The third-order valence-electron chi connectivity index (χ3n) is 0.759. The number of rotatable bonds is 5. The summed E-state index contributed by atoms with van der Waals surface area (Å²) in [7, 11) is 0. The summed E-state index contributed by atoms with van der Waals surface area (Å²) in [6, 6.07) is 0. The normalized spacial score (nSPS) is 10.1. The highest BCUT2D eigenvalue weighted by atomic mass is 17.2. The van der Waals surface area contributed by atoms with Gasteiger partial charge in [0, 0.05) is 0 Å². The number of nitrogens with two attached hydrogens (primary N) is 1. The summed E-state index contributed by atoms with van der Waals surface area (Å²) in [6.45, 7) is 4.37. The molecule has 0 aromatic carbocycles. The lowest BCUT2D eigenvalue weighted by Gasteiger charge is -2.05. The predicted octanol–water partition coefficient (Wildman–Crippen LogP) is 0.438. The third kappa shape index (κ3) is 9.19. The first-order valence-electron chi connectivity index (χ1n) is 3.33. The molecular formula is C6H13NO4. The van der Waals surface area contributed by atoms with Gasteiger partial charge in [0.25, 0.3) is 0 Å². The van der Waals surface area contributed by atoms with E-state index in [9.17, 15) is 4.79 Å². The maximum Gasteiger partial charge on any atom is 0.436 e. The van der Waals surface area contributed by atoms with Crippen LogP contribution in [0.2, 0.25) is 0 Å². The zero-order chi connectivity index (χ0) is 8.69. The van der Waals surface area contributed by atoms with E-state index in [0.29, 0.717) is 6.61 Å². The third-order valence-corrected chi connectivity index (χ3v) is 0.759. The summed E-state index contributed by atoms with van der Waals surface area (Å²) in [5.41, 5.74) is 4.61. The zero-order valence-corrected chi connectivity index (χ0v) is 6.70. The van der Waals surface area contributed by atoms with Gasteiger partial charge in [0.1, 0.15) is 6.61 Å². The highest BCUT2D eigenvalue weighted by Crippen LogP contribution is 1.87. The van der Waals surface area contributed by atoms with Crippen LogP contribution in [-0.2, 0) is 14.5 Å². The molecule has 0 aromatic rings. The monoisotopic (exact) mass is 163 g/mol. The van der Waals surface area contributed by atoms with Crippen LogP contribution >= 0.6 is 0 Å². The number of hydrogen-bond donors (Lipinski definition) is 1. The molecule has 2 N–H and O–H groups in total. The van der Waals surface area contributed by atoms with E-state index in [1.807, 2.05) is 13.8 Å². The molecule has 0 bridgehead atoms. The Bertz CT molecular complexity index is 115. The van der Waals surface area contributed by atoms with E-state index >= 15 is 0 Å². The van der Waals surface area contributed by atoms with Crippen LogP contribution in [0.5, 0.6) is 0 Å². The highest BCUT2D eigenvalue weighted by molar-refractivity contribution is 5.63. The van der Waals surface area contributed by atoms with Crippen molar-refractivity contribution in [2.75, 3.05) is 13.2 Å². The minimum Gasteiger partial charge on any atom is -0.376 e. The first-order valence-corrected chi connectivity index (χ1v) is 3.33. The number of carbonyl (C=O) groups excluding carboxylic acids is 1. The van der Waals surface area contributed by atoms with Crippen LogP contribution in [0.25, 0.3) is 0 Å². The van der Waals surface area contributed by atoms with Gasteiger partial charge in [0.2, 0.25) is 0 Å². The minimum atomic E-state index is -0.949. The molecule has 0 aromatic heterocycles. The first kappa shape index (κ1) is 10.2. The summed E-state index contributed by atoms with van der Waals surface area (Å²) in [4.78, 5) is 18.3. The first-order chi connectivity index (χ1) is 5.13. The Hall–Kier alpha value is -0.810. The van der Waals surface area contributed by atoms with Crippen molar-refractivity contribution in [3.8, 4) is 0 Å². The fourth-order valence-electron chi connectivity index (χ4n) is 0.418. The van der Waals surface area contributed by atoms with Crippen molar-refractivity contribution >= 4 is 6.09 Å². The largest absolute Gasteiger partial charge is 0.436 e. The lowest BCUT2D eigenvalue weighted by Crippen LogP contribution is -2.16. The Balaban J connectivity index is 2.97. The van der Waals surface area contributed by atoms with Crippen LogP contribution in [0.1, 0.15) is 13.8 Å². The molecule has 1 amide bonds. The average molecular weight is 163 g/mol. The summed E-state index contributed by atoms with van der Waals surface area (Å²) in [5.74, 6) is 0. The molecular weight excluding hydrogens is 150 g/mol. The fraction of sp³-hybridized carbons (Fsp3) is 0.833. The Morgan fingerprint density at radius 3 is 2.55 bits per heavy atom. The zero-order valence-electron chi connectivity index (χ0n) is 6.70. The summed E-state index contributed by atoms with van der Waals surface area (Å²) in [5, 5.41) is 0. The molecule has 0 aliphatic carbocycles. The minimum absolute atomic E-state index is 0.146. The predicted molar refractivity (Wildman–Crippen MR) is 37.7 cm³/mol. The molecule has 0 aliphatic heterocycles. The van der Waals surface area contributed by atoms with E-state index in [2.05, 4.69) is 15.5 Å². The number of hydrogen-bond acceptors (Lipinski definition) is 4. The Morgan fingerprint density at radius 1 is 1.45 bits per heavy atom. The van der Waals surface area contributed by atoms with E-state index in [1.54, 1.807) is 0 Å². The van der Waals surface area contributed by atoms with E-state index < -0.39 is 6.09 Å². The van der Waals surface area contributed by atoms with Crippen LogP contribution in [-0.4, -0.2) is 25.4 Å². The molecule has 11 heavy (non-hydrogen) atoms. The Labute approximate surface area is 65.3 Å². The van der Waals surface area contributed by atoms with Crippen molar-refractivity contribution in [1.82, 2.24) is 0 Å². The molecule has 0 fully saturated rings. The lowest BCUT2D eigenvalue weighted by molar-refractivity contribution is -0.244. The van der Waals surface area contributed by atoms with Gasteiger partial charge in [0.15, 0.2) is 0 Å². The van der Waals surface area contributed by atoms with Crippen molar-refractivity contribution in [2.45, 2.75) is 20.0 Å². The fourth-order valence-corrected chi connectivity index (χ4v) is 0.418. The number of ether oxygens (including phenoxy) is 1. The van der Waals surface area contributed by atoms with Gasteiger partial charge in [-0.05, 0) is 13.8 Å². The maximum absolute atomic E-state index is 9.93. The molecule has 0 aliphatic rings. The van der Waals surface area contributed by atoms with Crippen molar-refractivity contribution < 1.29 is 19.3 Å². The number of amides is 1. The molecule has 0 rings (SSSR count). The maximum atomic E-state index is 9.93. The molecule has 0 radical (unpaired) electrons. The Kier molecular flexibility index (Phi) is 5.50. The average Bonchev–Trinajstić information content (AvgIpc) is 1.85. The van der Waals surface area contributed by atoms with Gasteiger partial charge in [-0.1, -0.05) is 0 Å². The van der Waals surface area contributed by atoms with Crippen molar-refractivity contribution in [3.05, 3.63) is 0 Å². The molecule has 0 heterocycles. The molecule has 5 nitrogen and oxygen atoms in total. The smallest absolute Gasteiger partial charge is 0.376 e. The van der Waals surface area contributed by atoms with Crippen LogP contribution in [0.15, 0.2) is 0 Å². The lowest BCUT2D eigenvalue weighted by atomic mass is 10.5. The van der Waals surface area contributed by atoms with Gasteiger partial charge in [-0.25, -0.2) is 4.79 Å². The highest BCUT2D eigenvalue weighted by Gasteiger charge is 1.95. The summed E-state index contributed by atoms with van der Waals surface area (Å²) in [6.07, 6.45) is -0.804.